The summed E-state index contributed by atoms with van der Waals surface area (Å²) in [5.41, 5.74) is 1.74. The van der Waals surface area contributed by atoms with Crippen molar-refractivity contribution in [1.29, 1.82) is 0 Å². The molecule has 4 aromatic rings. The number of nitrogens with zero attached hydrogens (tertiary/aromatic N) is 4. The molecule has 0 spiro atoms. The quantitative estimate of drug-likeness (QED) is 0.545. The summed E-state index contributed by atoms with van der Waals surface area (Å²) in [5.74, 6) is -0.444. The summed E-state index contributed by atoms with van der Waals surface area (Å²) in [6, 6.07) is 12.5. The molecule has 0 saturated carbocycles. The topological polar surface area (TPSA) is 97.2 Å². The van der Waals surface area contributed by atoms with Crippen molar-refractivity contribution < 1.29 is 13.2 Å². The second-order valence-corrected chi connectivity index (χ2v) is 9.34. The first-order valence-corrected chi connectivity index (χ1v) is 11.0. The molecule has 152 valence electrons. The zero-order valence-corrected chi connectivity index (χ0v) is 17.2. The Hall–Kier alpha value is -3.46. The monoisotopic (exact) mass is 421 g/mol. The predicted octanol–water partition coefficient (Wildman–Crippen LogP) is 3.31. The summed E-state index contributed by atoms with van der Waals surface area (Å²) >= 11 is 0. The number of anilines is 2. The molecule has 0 atom stereocenters. The molecule has 1 N–H and O–H groups in total. The fourth-order valence-electron chi connectivity index (χ4n) is 3.85. The van der Waals surface area contributed by atoms with Crippen molar-refractivity contribution in [1.82, 2.24) is 14.8 Å². The third-order valence-corrected chi connectivity index (χ3v) is 6.98. The Morgan fingerprint density at radius 1 is 1.10 bits per heavy atom. The molecule has 2 aromatic carbocycles. The third-order valence-electron chi connectivity index (χ3n) is 5.17. The Morgan fingerprint density at radius 3 is 2.63 bits per heavy atom. The summed E-state index contributed by atoms with van der Waals surface area (Å²) in [4.78, 5) is 17.3. The van der Waals surface area contributed by atoms with Crippen LogP contribution in [0, 0.1) is 0 Å². The summed E-state index contributed by atoms with van der Waals surface area (Å²) in [6.07, 6.45) is 3.25. The van der Waals surface area contributed by atoms with Crippen molar-refractivity contribution in [2.24, 2.45) is 0 Å². The lowest BCUT2D eigenvalue weighted by Gasteiger charge is -2.18. The highest BCUT2D eigenvalue weighted by Crippen LogP contribution is 2.41. The van der Waals surface area contributed by atoms with Crippen LogP contribution in [-0.4, -0.2) is 35.6 Å². The molecule has 0 fully saturated rings. The molecule has 3 heterocycles. The van der Waals surface area contributed by atoms with E-state index in [2.05, 4.69) is 15.4 Å². The summed E-state index contributed by atoms with van der Waals surface area (Å²) in [5, 5.41) is 9.34. The number of amides is 1. The van der Waals surface area contributed by atoms with E-state index in [1.54, 1.807) is 47.4 Å². The number of hydrogen-bond acceptors (Lipinski definition) is 5. The van der Waals surface area contributed by atoms with Crippen molar-refractivity contribution in [3.8, 4) is 0 Å². The van der Waals surface area contributed by atoms with Crippen molar-refractivity contribution in [3.63, 3.8) is 0 Å². The van der Waals surface area contributed by atoms with E-state index in [0.717, 1.165) is 20.7 Å². The van der Waals surface area contributed by atoms with E-state index in [9.17, 15) is 13.2 Å². The Labute approximate surface area is 173 Å². The standard InChI is InChI=1S/C21H19N5O3S/c1-13(2)26-21-15(10-23-26)9-16(11-22-21)24-19(27)12-25-17-7-3-5-14-6-4-8-18(20(14)17)30(25,28)29/h3-11,13H,12H2,1-2H3,(H,24,27). The Bertz CT molecular complexity index is 1420. The maximum atomic E-state index is 13.0. The van der Waals surface area contributed by atoms with Gasteiger partial charge in [-0.15, -0.1) is 0 Å². The van der Waals surface area contributed by atoms with Crippen molar-refractivity contribution in [2.45, 2.75) is 24.8 Å². The van der Waals surface area contributed by atoms with Gasteiger partial charge < -0.3 is 5.32 Å². The van der Waals surface area contributed by atoms with Crippen LogP contribution in [0.25, 0.3) is 21.8 Å². The van der Waals surface area contributed by atoms with Gasteiger partial charge in [0, 0.05) is 16.8 Å². The number of sulfonamides is 1. The van der Waals surface area contributed by atoms with Gasteiger partial charge in [0.25, 0.3) is 10.0 Å². The molecule has 5 rings (SSSR count). The van der Waals surface area contributed by atoms with Crippen LogP contribution >= 0.6 is 0 Å². The molecule has 1 amide bonds. The van der Waals surface area contributed by atoms with Crippen LogP contribution in [-0.2, 0) is 14.8 Å². The van der Waals surface area contributed by atoms with Crippen LogP contribution in [0.2, 0.25) is 0 Å². The van der Waals surface area contributed by atoms with E-state index in [1.165, 1.54) is 0 Å². The highest BCUT2D eigenvalue weighted by molar-refractivity contribution is 7.93. The Balaban J connectivity index is 1.42. The Morgan fingerprint density at radius 2 is 1.87 bits per heavy atom. The average molecular weight is 421 g/mol. The molecule has 30 heavy (non-hydrogen) atoms. The van der Waals surface area contributed by atoms with E-state index < -0.39 is 15.9 Å². The van der Waals surface area contributed by atoms with E-state index in [-0.39, 0.29) is 17.5 Å². The maximum absolute atomic E-state index is 13.0. The second-order valence-electron chi connectivity index (χ2n) is 7.51. The highest BCUT2D eigenvalue weighted by atomic mass is 32.2. The van der Waals surface area contributed by atoms with Crippen molar-refractivity contribution in [2.75, 3.05) is 16.2 Å². The molecule has 0 aliphatic carbocycles. The third kappa shape index (κ3) is 2.73. The number of carbonyl (C=O) groups excluding carboxylic acids is 1. The van der Waals surface area contributed by atoms with Gasteiger partial charge in [0.1, 0.15) is 6.54 Å². The van der Waals surface area contributed by atoms with Crippen molar-refractivity contribution >= 4 is 49.1 Å². The molecule has 8 nitrogen and oxygen atoms in total. The fraction of sp³-hybridized carbons (Fsp3) is 0.190. The number of carbonyl (C=O) groups is 1. The van der Waals surface area contributed by atoms with Crippen LogP contribution in [0.1, 0.15) is 19.9 Å². The molecule has 0 bridgehead atoms. The number of rotatable bonds is 4. The minimum Gasteiger partial charge on any atom is -0.323 e. The minimum atomic E-state index is -3.78. The number of hydrogen-bond donors (Lipinski definition) is 1. The molecule has 0 radical (unpaired) electrons. The molecule has 2 aromatic heterocycles. The van der Waals surface area contributed by atoms with Gasteiger partial charge in [0.2, 0.25) is 5.91 Å². The predicted molar refractivity (Wildman–Crippen MR) is 115 cm³/mol. The largest absolute Gasteiger partial charge is 0.323 e. The number of nitrogens with one attached hydrogen (secondary N) is 1. The van der Waals surface area contributed by atoms with Gasteiger partial charge in [-0.3, -0.25) is 9.10 Å². The van der Waals surface area contributed by atoms with Crippen molar-refractivity contribution in [3.05, 3.63) is 54.9 Å². The lowest BCUT2D eigenvalue weighted by Crippen LogP contribution is -2.35. The SMILES string of the molecule is CC(C)n1ncc2cc(NC(=O)CN3c4cccc5cccc(c45)S3(=O)=O)cnc21. The molecular weight excluding hydrogens is 402 g/mol. The zero-order valence-electron chi connectivity index (χ0n) is 16.4. The second kappa shape index (κ2) is 6.53. The van der Waals surface area contributed by atoms with Gasteiger partial charge in [-0.1, -0.05) is 24.3 Å². The van der Waals surface area contributed by atoms with E-state index in [1.807, 2.05) is 26.0 Å². The molecule has 0 saturated heterocycles. The first-order valence-electron chi connectivity index (χ1n) is 9.54. The van der Waals surface area contributed by atoms with Crippen LogP contribution in [0.15, 0.2) is 59.8 Å². The first kappa shape index (κ1) is 18.6. The fourth-order valence-corrected chi connectivity index (χ4v) is 5.51. The molecule has 1 aliphatic heterocycles. The molecular formula is C21H19N5O3S. The van der Waals surface area contributed by atoms with E-state index in [4.69, 9.17) is 0 Å². The number of aromatic nitrogens is 3. The zero-order chi connectivity index (χ0) is 21.0. The van der Waals surface area contributed by atoms with Gasteiger partial charge >= 0.3 is 0 Å². The smallest absolute Gasteiger partial charge is 0.265 e. The maximum Gasteiger partial charge on any atom is 0.265 e. The van der Waals surface area contributed by atoms with Crippen LogP contribution in [0.4, 0.5) is 11.4 Å². The summed E-state index contributed by atoms with van der Waals surface area (Å²) in [6.45, 7) is 3.71. The number of pyridine rings is 1. The van der Waals surface area contributed by atoms with Gasteiger partial charge in [-0.2, -0.15) is 5.10 Å². The normalized spacial score (nSPS) is 14.7. The van der Waals surface area contributed by atoms with E-state index >= 15 is 0 Å². The summed E-state index contributed by atoms with van der Waals surface area (Å²) < 4.78 is 29.0. The Kier molecular flexibility index (Phi) is 4.04. The van der Waals surface area contributed by atoms with Crippen LogP contribution in [0.5, 0.6) is 0 Å². The van der Waals surface area contributed by atoms with Gasteiger partial charge in [-0.05, 0) is 37.4 Å². The molecule has 0 unspecified atom stereocenters. The number of fused-ring (bicyclic) bond motifs is 1. The molecule has 9 heteroatoms. The lowest BCUT2D eigenvalue weighted by molar-refractivity contribution is -0.114. The van der Waals surface area contributed by atoms with Crippen LogP contribution < -0.4 is 9.62 Å². The molecule has 1 aliphatic rings. The van der Waals surface area contributed by atoms with Crippen LogP contribution in [0.3, 0.4) is 0 Å². The van der Waals surface area contributed by atoms with Gasteiger partial charge in [0.05, 0.1) is 28.7 Å². The minimum absolute atomic E-state index is 0.167. The number of benzene rings is 2. The summed E-state index contributed by atoms with van der Waals surface area (Å²) in [7, 11) is -3.78. The van der Waals surface area contributed by atoms with Gasteiger partial charge in [-0.25, -0.2) is 18.1 Å². The van der Waals surface area contributed by atoms with Gasteiger partial charge in [0.15, 0.2) is 5.65 Å². The lowest BCUT2D eigenvalue weighted by atomic mass is 10.1. The average Bonchev–Trinajstić information content (AvgIpc) is 3.22. The highest BCUT2D eigenvalue weighted by Gasteiger charge is 2.36. The first-order chi connectivity index (χ1) is 14.4. The van der Waals surface area contributed by atoms with E-state index in [0.29, 0.717) is 16.8 Å².